The van der Waals surface area contributed by atoms with Crippen LogP contribution in [0.15, 0.2) is 73.3 Å². The summed E-state index contributed by atoms with van der Waals surface area (Å²) < 4.78 is 13.2. The number of ether oxygens (including phenoxy) is 2. The van der Waals surface area contributed by atoms with Gasteiger partial charge in [0.25, 0.3) is 5.91 Å². The first-order valence-corrected chi connectivity index (χ1v) is 12.3. The second kappa shape index (κ2) is 12.2. The van der Waals surface area contributed by atoms with E-state index in [2.05, 4.69) is 25.7 Å². The number of methoxy groups -OCH3 is 1. The SMILES string of the molecule is CCn1cc(-c2cc(Oc3ccc(NC(=O)CC(C)(CNC(=O)c4ccccc4O)OC)nc3)ccn2)cn1. The number of aromatic nitrogens is 4. The highest BCUT2D eigenvalue weighted by molar-refractivity contribution is 5.97. The zero-order valence-electron chi connectivity index (χ0n) is 21.9. The topological polar surface area (TPSA) is 140 Å². The van der Waals surface area contributed by atoms with E-state index in [1.165, 1.54) is 25.4 Å². The van der Waals surface area contributed by atoms with Gasteiger partial charge in [-0.2, -0.15) is 5.10 Å². The van der Waals surface area contributed by atoms with Crippen LogP contribution < -0.4 is 15.4 Å². The van der Waals surface area contributed by atoms with Gasteiger partial charge in [-0.05, 0) is 44.2 Å². The summed E-state index contributed by atoms with van der Waals surface area (Å²) in [5.74, 6) is 0.479. The van der Waals surface area contributed by atoms with Crippen molar-refractivity contribution >= 4 is 17.6 Å². The molecule has 3 heterocycles. The number of carbonyl (C=O) groups is 2. The minimum absolute atomic E-state index is 0.0428. The lowest BCUT2D eigenvalue weighted by Gasteiger charge is -2.27. The fourth-order valence-corrected chi connectivity index (χ4v) is 3.71. The van der Waals surface area contributed by atoms with E-state index in [-0.39, 0.29) is 30.2 Å². The number of phenols is 1. The summed E-state index contributed by atoms with van der Waals surface area (Å²) in [4.78, 5) is 33.8. The summed E-state index contributed by atoms with van der Waals surface area (Å²) in [6.45, 7) is 4.54. The molecule has 1 unspecified atom stereocenters. The molecule has 1 atom stereocenters. The van der Waals surface area contributed by atoms with Crippen LogP contribution in [0.3, 0.4) is 0 Å². The van der Waals surface area contributed by atoms with E-state index in [1.54, 1.807) is 49.6 Å². The van der Waals surface area contributed by atoms with E-state index in [9.17, 15) is 14.7 Å². The number of nitrogens with zero attached hydrogens (tertiary/aromatic N) is 4. The van der Waals surface area contributed by atoms with Crippen LogP contribution in [-0.2, 0) is 16.1 Å². The zero-order valence-corrected chi connectivity index (χ0v) is 21.9. The van der Waals surface area contributed by atoms with Crippen molar-refractivity contribution < 1.29 is 24.2 Å². The lowest BCUT2D eigenvalue weighted by Crippen LogP contribution is -2.44. The molecule has 202 valence electrons. The maximum atomic E-state index is 12.7. The molecular weight excluding hydrogens is 500 g/mol. The van der Waals surface area contributed by atoms with Gasteiger partial charge in [0.2, 0.25) is 5.91 Å². The highest BCUT2D eigenvalue weighted by Crippen LogP contribution is 2.26. The van der Waals surface area contributed by atoms with Gasteiger partial charge in [-0.1, -0.05) is 12.1 Å². The van der Waals surface area contributed by atoms with Crippen LogP contribution in [0.2, 0.25) is 0 Å². The maximum absolute atomic E-state index is 12.7. The molecule has 0 aliphatic rings. The highest BCUT2D eigenvalue weighted by Gasteiger charge is 2.28. The average Bonchev–Trinajstić information content (AvgIpc) is 3.43. The molecule has 0 bridgehead atoms. The Morgan fingerprint density at radius 3 is 2.59 bits per heavy atom. The zero-order chi connectivity index (χ0) is 27.8. The molecule has 0 fully saturated rings. The number of amides is 2. The van der Waals surface area contributed by atoms with Gasteiger partial charge in [0.05, 0.1) is 35.7 Å². The number of anilines is 1. The molecule has 11 nitrogen and oxygen atoms in total. The average molecular weight is 531 g/mol. The van der Waals surface area contributed by atoms with Crippen molar-refractivity contribution in [2.45, 2.75) is 32.4 Å². The molecule has 0 spiro atoms. The van der Waals surface area contributed by atoms with Crippen molar-refractivity contribution in [3.05, 3.63) is 78.9 Å². The highest BCUT2D eigenvalue weighted by atomic mass is 16.5. The minimum Gasteiger partial charge on any atom is -0.507 e. The lowest BCUT2D eigenvalue weighted by atomic mass is 10.0. The Bertz CT molecular complexity index is 1440. The van der Waals surface area contributed by atoms with Gasteiger partial charge in [-0.25, -0.2) is 4.98 Å². The molecule has 0 radical (unpaired) electrons. The van der Waals surface area contributed by atoms with Crippen molar-refractivity contribution in [2.75, 3.05) is 19.0 Å². The Balaban J connectivity index is 1.32. The second-order valence-corrected chi connectivity index (χ2v) is 9.02. The smallest absolute Gasteiger partial charge is 0.255 e. The van der Waals surface area contributed by atoms with Crippen LogP contribution in [0.4, 0.5) is 5.82 Å². The summed E-state index contributed by atoms with van der Waals surface area (Å²) >= 11 is 0. The molecule has 39 heavy (non-hydrogen) atoms. The number of benzene rings is 1. The number of carbonyl (C=O) groups excluding carboxylic acids is 2. The van der Waals surface area contributed by atoms with Gasteiger partial charge >= 0.3 is 0 Å². The third kappa shape index (κ3) is 7.17. The lowest BCUT2D eigenvalue weighted by molar-refractivity contribution is -0.121. The number of pyridine rings is 2. The third-order valence-electron chi connectivity index (χ3n) is 6.02. The molecule has 4 rings (SSSR count). The van der Waals surface area contributed by atoms with Gasteiger partial charge in [-0.3, -0.25) is 19.3 Å². The van der Waals surface area contributed by atoms with Crippen LogP contribution in [-0.4, -0.2) is 55.9 Å². The van der Waals surface area contributed by atoms with Crippen LogP contribution >= 0.6 is 0 Å². The molecule has 0 saturated heterocycles. The van der Waals surface area contributed by atoms with E-state index in [4.69, 9.17) is 9.47 Å². The van der Waals surface area contributed by atoms with E-state index in [0.29, 0.717) is 17.3 Å². The van der Waals surface area contributed by atoms with E-state index in [1.807, 2.05) is 23.9 Å². The molecule has 4 aromatic rings. The maximum Gasteiger partial charge on any atom is 0.255 e. The quantitative estimate of drug-likeness (QED) is 0.264. The molecule has 3 aromatic heterocycles. The van der Waals surface area contributed by atoms with Crippen molar-refractivity contribution in [2.24, 2.45) is 0 Å². The first kappa shape index (κ1) is 27.3. The molecule has 0 aliphatic heterocycles. The van der Waals surface area contributed by atoms with Crippen LogP contribution in [0.5, 0.6) is 17.2 Å². The molecule has 0 saturated carbocycles. The predicted molar refractivity (Wildman–Crippen MR) is 145 cm³/mol. The fourth-order valence-electron chi connectivity index (χ4n) is 3.71. The van der Waals surface area contributed by atoms with Gasteiger partial charge in [-0.15, -0.1) is 0 Å². The Hall–Kier alpha value is -4.77. The molecule has 3 N–H and O–H groups in total. The Kier molecular flexibility index (Phi) is 8.52. The number of aryl methyl sites for hydroxylation is 1. The summed E-state index contributed by atoms with van der Waals surface area (Å²) in [5.41, 5.74) is 0.781. The Morgan fingerprint density at radius 1 is 1.08 bits per heavy atom. The number of hydrogen-bond acceptors (Lipinski definition) is 8. The predicted octanol–water partition coefficient (Wildman–Crippen LogP) is 4.02. The molecule has 2 amide bonds. The monoisotopic (exact) mass is 530 g/mol. The number of para-hydroxylation sites is 1. The van der Waals surface area contributed by atoms with Gasteiger partial charge in [0, 0.05) is 44.2 Å². The van der Waals surface area contributed by atoms with Gasteiger partial charge in [0.15, 0.2) is 0 Å². The second-order valence-electron chi connectivity index (χ2n) is 9.02. The Labute approximate surface area is 225 Å². The summed E-state index contributed by atoms with van der Waals surface area (Å²) in [7, 11) is 1.46. The summed E-state index contributed by atoms with van der Waals surface area (Å²) in [6.07, 6.45) is 6.80. The van der Waals surface area contributed by atoms with Crippen molar-refractivity contribution in [1.29, 1.82) is 0 Å². The van der Waals surface area contributed by atoms with E-state index in [0.717, 1.165) is 17.8 Å². The van der Waals surface area contributed by atoms with Crippen molar-refractivity contribution in [1.82, 2.24) is 25.1 Å². The van der Waals surface area contributed by atoms with Crippen molar-refractivity contribution in [3.8, 4) is 28.5 Å². The minimum atomic E-state index is -0.986. The number of aromatic hydroxyl groups is 1. The van der Waals surface area contributed by atoms with E-state index >= 15 is 0 Å². The number of rotatable bonds is 11. The van der Waals surface area contributed by atoms with Crippen LogP contribution in [0.1, 0.15) is 30.6 Å². The van der Waals surface area contributed by atoms with Crippen LogP contribution in [0, 0.1) is 0 Å². The van der Waals surface area contributed by atoms with Gasteiger partial charge in [0.1, 0.15) is 23.1 Å². The third-order valence-corrected chi connectivity index (χ3v) is 6.02. The van der Waals surface area contributed by atoms with E-state index < -0.39 is 11.5 Å². The number of nitrogens with one attached hydrogen (secondary N) is 2. The standard InChI is InChI=1S/C28H30N6O5/c1-4-34-17-19(15-32-34)23-13-20(11-12-29-23)39-21-9-10-25(30-16-21)33-26(36)14-28(2,38-3)18-31-27(37)22-7-5-6-8-24(22)35/h5-13,15-17,35H,4,14,18H2,1-3H3,(H,31,37)(H,30,33,36). The normalized spacial score (nSPS) is 12.4. The molecule has 0 aliphatic carbocycles. The number of hydrogen-bond donors (Lipinski definition) is 3. The summed E-state index contributed by atoms with van der Waals surface area (Å²) in [5, 5.41) is 19.6. The first-order valence-electron chi connectivity index (χ1n) is 12.3. The molecule has 1 aromatic carbocycles. The van der Waals surface area contributed by atoms with Crippen molar-refractivity contribution in [3.63, 3.8) is 0 Å². The largest absolute Gasteiger partial charge is 0.507 e. The van der Waals surface area contributed by atoms with Crippen LogP contribution in [0.25, 0.3) is 11.3 Å². The first-order chi connectivity index (χ1) is 18.8. The fraction of sp³-hybridized carbons (Fsp3) is 0.250. The Morgan fingerprint density at radius 2 is 1.90 bits per heavy atom. The molecular formula is C28H30N6O5. The van der Waals surface area contributed by atoms with Gasteiger partial charge < -0.3 is 25.2 Å². The summed E-state index contributed by atoms with van der Waals surface area (Å²) in [6, 6.07) is 13.1. The molecule has 11 heteroatoms. The number of phenolic OH excluding ortho intramolecular Hbond substituents is 1.